The summed E-state index contributed by atoms with van der Waals surface area (Å²) in [7, 11) is -2.73. The maximum absolute atomic E-state index is 16.3. The van der Waals surface area contributed by atoms with Gasteiger partial charge in [-0.2, -0.15) is 14.5 Å². The number of halogens is 2. The summed E-state index contributed by atoms with van der Waals surface area (Å²) in [5.74, 6) is -1.34. The lowest BCUT2D eigenvalue weighted by atomic mass is 9.85. The van der Waals surface area contributed by atoms with Gasteiger partial charge in [-0.05, 0) is 118 Å². The molecule has 8 aromatic rings. The first-order chi connectivity index (χ1) is 32.7. The van der Waals surface area contributed by atoms with Crippen LogP contribution in [0.15, 0.2) is 86.3 Å². The number of ether oxygens (including phenoxy) is 1. The van der Waals surface area contributed by atoms with Crippen molar-refractivity contribution < 1.29 is 26.5 Å². The molecular formula is C48H47F2N11O6S. The second-order valence-electron chi connectivity index (χ2n) is 19.5. The Morgan fingerprint density at radius 2 is 1.69 bits per heavy atom. The van der Waals surface area contributed by atoms with Crippen molar-refractivity contribution in [3.8, 4) is 17.2 Å². The lowest BCUT2D eigenvalue weighted by Gasteiger charge is -2.44. The zero-order valence-corrected chi connectivity index (χ0v) is 38.6. The third-order valence-electron chi connectivity index (χ3n) is 15.4. The zero-order valence-electron chi connectivity index (χ0n) is 37.7. The minimum Gasteiger partial charge on any atom is -0.371 e. The van der Waals surface area contributed by atoms with Crippen LogP contribution in [0.4, 0.5) is 14.5 Å². The maximum Gasteiger partial charge on any atom is 0.438 e. The topological polar surface area (TPSA) is 176 Å². The molecule has 0 amide bonds. The number of benzene rings is 3. The quantitative estimate of drug-likeness (QED) is 0.184. The second kappa shape index (κ2) is 14.2. The molecule has 2 aliphatic carbocycles. The number of hydrogen-bond acceptors (Lipinski definition) is 10. The van der Waals surface area contributed by atoms with E-state index >= 15 is 17.2 Å². The summed E-state index contributed by atoms with van der Waals surface area (Å²) in [4.78, 5) is 32.4. The van der Waals surface area contributed by atoms with Gasteiger partial charge in [0.1, 0.15) is 17.2 Å². The Morgan fingerprint density at radius 1 is 0.926 bits per heavy atom. The third-order valence-corrected chi connectivity index (χ3v) is 17.4. The summed E-state index contributed by atoms with van der Waals surface area (Å²) in [6.07, 6.45) is 8.82. The Balaban J connectivity index is 0.997. The highest BCUT2D eigenvalue weighted by atomic mass is 32.2. The van der Waals surface area contributed by atoms with E-state index in [9.17, 15) is 9.59 Å². The predicted molar refractivity (Wildman–Crippen MR) is 245 cm³/mol. The van der Waals surface area contributed by atoms with Gasteiger partial charge in [0.25, 0.3) is 10.0 Å². The molecule has 0 radical (unpaired) electrons. The molecule has 2 bridgehead atoms. The van der Waals surface area contributed by atoms with Gasteiger partial charge in [-0.1, -0.05) is 12.1 Å². The molecule has 5 aliphatic rings. The lowest BCUT2D eigenvalue weighted by molar-refractivity contribution is 0.0206. The molecule has 20 heteroatoms. The van der Waals surface area contributed by atoms with Gasteiger partial charge >= 0.3 is 11.4 Å². The van der Waals surface area contributed by atoms with Gasteiger partial charge in [0.2, 0.25) is 0 Å². The highest BCUT2D eigenvalue weighted by Crippen LogP contribution is 2.57. The van der Waals surface area contributed by atoms with Crippen LogP contribution in [-0.4, -0.2) is 87.5 Å². The van der Waals surface area contributed by atoms with E-state index in [0.717, 1.165) is 25.1 Å². The summed E-state index contributed by atoms with van der Waals surface area (Å²) in [6, 6.07) is 13.0. The molecule has 4 fully saturated rings. The SMILES string of the molecule is Cc1cc(-n2nc3c(c2-n2ccn(-c4ccc5c(cnn5C)c4F)c2=O)[C@@H]2CCC[C@H](C3)N2S(=O)(=O)c2cc3cc(N4CCOC5(CC5)C4)ccc3n2[C@]2(c3noc(=O)[nH]3)C[C@@H]2C)cc(C)c1F. The summed E-state index contributed by atoms with van der Waals surface area (Å²) < 4.78 is 84.1. The fourth-order valence-electron chi connectivity index (χ4n) is 11.8. The van der Waals surface area contributed by atoms with E-state index in [0.29, 0.717) is 83.3 Å². The number of anilines is 1. The van der Waals surface area contributed by atoms with Crippen LogP contribution in [0.2, 0.25) is 0 Å². The van der Waals surface area contributed by atoms with Crippen LogP contribution in [0, 0.1) is 31.4 Å². The van der Waals surface area contributed by atoms with Crippen molar-refractivity contribution in [2.45, 2.75) is 94.0 Å². The minimum absolute atomic E-state index is 0.0120. The number of morpholine rings is 1. The number of nitrogens with one attached hydrogen (secondary N) is 1. The number of rotatable bonds is 8. The van der Waals surface area contributed by atoms with E-state index in [-0.39, 0.29) is 51.5 Å². The molecule has 5 aromatic heterocycles. The van der Waals surface area contributed by atoms with Crippen molar-refractivity contribution in [3.63, 3.8) is 0 Å². The number of imidazole rings is 1. The molecule has 4 atom stereocenters. The molecule has 2 saturated carbocycles. The van der Waals surface area contributed by atoms with E-state index in [2.05, 4.69) is 20.1 Å². The van der Waals surface area contributed by atoms with Gasteiger partial charge in [-0.3, -0.25) is 23.3 Å². The molecule has 17 nitrogen and oxygen atoms in total. The van der Waals surface area contributed by atoms with Crippen LogP contribution in [0.1, 0.15) is 79.7 Å². The van der Waals surface area contributed by atoms with Crippen LogP contribution in [0.25, 0.3) is 39.0 Å². The molecular weight excluding hydrogens is 897 g/mol. The van der Waals surface area contributed by atoms with E-state index in [1.54, 1.807) is 58.8 Å². The number of fused-ring (bicyclic) bond motifs is 6. The van der Waals surface area contributed by atoms with Gasteiger partial charge in [0.05, 0.1) is 57.9 Å². The first-order valence-corrected chi connectivity index (χ1v) is 24.6. The van der Waals surface area contributed by atoms with Crippen molar-refractivity contribution >= 4 is 37.5 Å². The Morgan fingerprint density at radius 3 is 2.43 bits per heavy atom. The average molecular weight is 944 g/mol. The number of piperidine rings is 1. The van der Waals surface area contributed by atoms with E-state index in [1.165, 1.54) is 33.8 Å². The number of aromatic amines is 1. The molecule has 3 aliphatic heterocycles. The van der Waals surface area contributed by atoms with Gasteiger partial charge < -0.3 is 14.2 Å². The number of nitrogens with zero attached hydrogens (tertiary/aromatic N) is 10. The summed E-state index contributed by atoms with van der Waals surface area (Å²) in [5.41, 5.74) is 2.76. The fourth-order valence-corrected chi connectivity index (χ4v) is 13.9. The van der Waals surface area contributed by atoms with E-state index in [4.69, 9.17) is 14.4 Å². The summed E-state index contributed by atoms with van der Waals surface area (Å²) in [5, 5.41) is 14.5. The van der Waals surface area contributed by atoms with Crippen LogP contribution in [0.5, 0.6) is 0 Å². The van der Waals surface area contributed by atoms with Crippen molar-refractivity contribution in [1.82, 2.24) is 47.7 Å². The standard InChI is InChI=1S/C48H47F2N11O6S/c1-26-18-32(19-27(2)41(26)49)60-43(58-15-14-57(46(58)63)38-11-10-36-33(42(38)50)24-51-55(36)4)40-34(53-60)22-31-6-5-7-37(40)61(31)68(64,65)39-21-29-20-30(56-16-17-66-47(25-56)12-13-47)8-9-35(29)59(39)48(23-28(48)3)44-52-45(62)67-54-44/h8-11,14-15,18-21,24,28,31,37H,5-7,12-13,16-17,22-23,25H2,1-4H3,(H,52,54,62)/t28-,31+,37-,48+/m0/s1. The Kier molecular flexibility index (Phi) is 8.68. The predicted octanol–water partition coefficient (Wildman–Crippen LogP) is 6.22. The summed E-state index contributed by atoms with van der Waals surface area (Å²) >= 11 is 0. The first-order valence-electron chi connectivity index (χ1n) is 23.1. The van der Waals surface area contributed by atoms with Crippen LogP contribution < -0.4 is 16.3 Å². The highest BCUT2D eigenvalue weighted by molar-refractivity contribution is 7.89. The number of aromatic nitrogens is 9. The van der Waals surface area contributed by atoms with Crippen molar-refractivity contribution in [3.05, 3.63) is 128 Å². The van der Waals surface area contributed by atoms with Crippen LogP contribution in [-0.2, 0) is 33.8 Å². The largest absolute Gasteiger partial charge is 0.438 e. The number of sulfonamides is 1. The molecule has 3 aromatic carbocycles. The lowest BCUT2D eigenvalue weighted by Crippen LogP contribution is -2.50. The van der Waals surface area contributed by atoms with Gasteiger partial charge in [-0.25, -0.2) is 31.5 Å². The molecule has 13 rings (SSSR count). The van der Waals surface area contributed by atoms with E-state index < -0.39 is 44.9 Å². The normalized spacial score (nSPS) is 23.3. The fraction of sp³-hybridized carbons (Fsp3) is 0.396. The Labute approximate surface area is 387 Å². The molecule has 8 heterocycles. The summed E-state index contributed by atoms with van der Waals surface area (Å²) in [6.45, 7) is 7.37. The number of hydrogen-bond donors (Lipinski definition) is 1. The van der Waals surface area contributed by atoms with Crippen molar-refractivity contribution in [1.29, 1.82) is 0 Å². The Hall–Kier alpha value is -6.64. The Bertz CT molecular complexity index is 3660. The maximum atomic E-state index is 16.3. The molecule has 1 N–H and O–H groups in total. The number of H-pyrrole nitrogens is 1. The van der Waals surface area contributed by atoms with Crippen LogP contribution in [0.3, 0.4) is 0 Å². The van der Waals surface area contributed by atoms with Crippen molar-refractivity contribution in [2.24, 2.45) is 13.0 Å². The highest BCUT2D eigenvalue weighted by Gasteiger charge is 2.60. The zero-order chi connectivity index (χ0) is 46.8. The molecule has 68 heavy (non-hydrogen) atoms. The van der Waals surface area contributed by atoms with Crippen molar-refractivity contribution in [2.75, 3.05) is 24.6 Å². The molecule has 1 spiro atoms. The smallest absolute Gasteiger partial charge is 0.371 e. The van der Waals surface area contributed by atoms with Gasteiger partial charge in [0, 0.05) is 61.6 Å². The average Bonchev–Trinajstić information content (AvgIpc) is 3.73. The molecule has 2 saturated heterocycles. The molecule has 350 valence electrons. The van der Waals surface area contributed by atoms with Gasteiger partial charge in [0.15, 0.2) is 16.7 Å². The minimum atomic E-state index is -4.44. The van der Waals surface area contributed by atoms with E-state index in [1.807, 2.05) is 29.7 Å². The second-order valence-corrected chi connectivity index (χ2v) is 21.3. The van der Waals surface area contributed by atoms with Gasteiger partial charge in [-0.15, -0.1) is 0 Å². The molecule has 0 unspecified atom stereocenters. The monoisotopic (exact) mass is 943 g/mol. The first kappa shape index (κ1) is 41.5. The van der Waals surface area contributed by atoms with Crippen LogP contribution >= 0.6 is 0 Å². The third kappa shape index (κ3) is 5.82. The number of aryl methyl sites for hydroxylation is 3.